The van der Waals surface area contributed by atoms with Gasteiger partial charge < -0.3 is 20.3 Å². The van der Waals surface area contributed by atoms with Gasteiger partial charge in [0.25, 0.3) is 0 Å². The number of nitrogens with zero attached hydrogens (tertiary/aromatic N) is 4. The first kappa shape index (κ1) is 15.2. The molecule has 126 valence electrons. The van der Waals surface area contributed by atoms with Crippen molar-refractivity contribution in [2.75, 3.05) is 48.3 Å². The summed E-state index contributed by atoms with van der Waals surface area (Å²) >= 11 is 0. The van der Waals surface area contributed by atoms with Crippen molar-refractivity contribution in [2.24, 2.45) is 0 Å². The molecule has 6 nitrogen and oxygen atoms in total. The quantitative estimate of drug-likeness (QED) is 0.933. The summed E-state index contributed by atoms with van der Waals surface area (Å²) < 4.78 is 5.95. The number of benzene rings is 1. The lowest BCUT2D eigenvalue weighted by Crippen LogP contribution is -2.39. The second-order valence-corrected chi connectivity index (χ2v) is 6.35. The average molecular weight is 325 g/mol. The van der Waals surface area contributed by atoms with Crippen LogP contribution in [0.15, 0.2) is 36.4 Å². The van der Waals surface area contributed by atoms with Gasteiger partial charge in [-0.3, -0.25) is 0 Å². The molecule has 0 radical (unpaired) electrons. The minimum atomic E-state index is 0.0615. The number of hydrogen-bond donors (Lipinski definition) is 1. The van der Waals surface area contributed by atoms with Gasteiger partial charge >= 0.3 is 0 Å². The SMILES string of the molecule is Nc1nc(N2CCCC2)cc(N2CCO[C@H](c3ccccc3)C2)n1. The summed E-state index contributed by atoms with van der Waals surface area (Å²) in [6, 6.07) is 12.4. The molecule has 24 heavy (non-hydrogen) atoms. The van der Waals surface area contributed by atoms with Crippen LogP contribution < -0.4 is 15.5 Å². The standard InChI is InChI=1S/C18H23N5O/c19-18-20-16(22-8-4-5-9-22)12-17(21-18)23-10-11-24-15(13-23)14-6-2-1-3-7-14/h1-3,6-7,12,15H,4-5,8-11,13H2,(H2,19,20,21)/t15-/m0/s1. The molecule has 0 spiro atoms. The Hall–Kier alpha value is -2.34. The van der Waals surface area contributed by atoms with Gasteiger partial charge in [0.1, 0.15) is 17.7 Å². The summed E-state index contributed by atoms with van der Waals surface area (Å²) in [5.74, 6) is 2.18. The number of morpholine rings is 1. The molecule has 0 saturated carbocycles. The number of nitrogen functional groups attached to an aromatic ring is 1. The number of nitrogens with two attached hydrogens (primary N) is 1. The van der Waals surface area contributed by atoms with Gasteiger partial charge in [0, 0.05) is 32.2 Å². The van der Waals surface area contributed by atoms with Crippen molar-refractivity contribution in [1.29, 1.82) is 0 Å². The molecule has 1 aromatic carbocycles. The monoisotopic (exact) mass is 325 g/mol. The molecule has 6 heteroatoms. The van der Waals surface area contributed by atoms with Crippen LogP contribution in [-0.4, -0.2) is 42.8 Å². The number of ether oxygens (including phenoxy) is 1. The van der Waals surface area contributed by atoms with Gasteiger partial charge in [-0.15, -0.1) is 0 Å². The van der Waals surface area contributed by atoms with Gasteiger partial charge in [0.15, 0.2) is 0 Å². The Morgan fingerprint density at radius 2 is 1.67 bits per heavy atom. The van der Waals surface area contributed by atoms with E-state index in [0.717, 1.165) is 37.8 Å². The maximum Gasteiger partial charge on any atom is 0.223 e. The van der Waals surface area contributed by atoms with Crippen molar-refractivity contribution in [1.82, 2.24) is 9.97 Å². The molecular weight excluding hydrogens is 302 g/mol. The summed E-state index contributed by atoms with van der Waals surface area (Å²) in [6.45, 7) is 4.37. The smallest absolute Gasteiger partial charge is 0.223 e. The van der Waals surface area contributed by atoms with Crippen LogP contribution >= 0.6 is 0 Å². The van der Waals surface area contributed by atoms with Crippen LogP contribution in [0.2, 0.25) is 0 Å². The molecule has 0 amide bonds. The lowest BCUT2D eigenvalue weighted by Gasteiger charge is -2.34. The normalized spacial score (nSPS) is 21.2. The Morgan fingerprint density at radius 1 is 0.958 bits per heavy atom. The fraction of sp³-hybridized carbons (Fsp3) is 0.444. The predicted molar refractivity (Wildman–Crippen MR) is 95.2 cm³/mol. The molecule has 2 N–H and O–H groups in total. The molecule has 0 aliphatic carbocycles. The third kappa shape index (κ3) is 3.14. The Morgan fingerprint density at radius 3 is 2.42 bits per heavy atom. The van der Waals surface area contributed by atoms with E-state index in [4.69, 9.17) is 10.5 Å². The number of aromatic nitrogens is 2. The molecule has 1 aromatic heterocycles. The molecular formula is C18H23N5O. The van der Waals surface area contributed by atoms with Gasteiger partial charge in [0.05, 0.1) is 6.61 Å². The third-order valence-electron chi connectivity index (χ3n) is 4.71. The minimum absolute atomic E-state index is 0.0615. The highest BCUT2D eigenvalue weighted by molar-refractivity contribution is 5.54. The molecule has 0 unspecified atom stereocenters. The number of rotatable bonds is 3. The van der Waals surface area contributed by atoms with Gasteiger partial charge in [0.2, 0.25) is 5.95 Å². The fourth-order valence-electron chi connectivity index (χ4n) is 3.44. The van der Waals surface area contributed by atoms with E-state index in [-0.39, 0.29) is 6.10 Å². The molecule has 2 aromatic rings. The highest BCUT2D eigenvalue weighted by atomic mass is 16.5. The van der Waals surface area contributed by atoms with Gasteiger partial charge in [-0.2, -0.15) is 9.97 Å². The zero-order chi connectivity index (χ0) is 16.4. The topological polar surface area (TPSA) is 67.5 Å². The van der Waals surface area contributed by atoms with Crippen molar-refractivity contribution in [2.45, 2.75) is 18.9 Å². The van der Waals surface area contributed by atoms with Crippen LogP contribution in [0.1, 0.15) is 24.5 Å². The molecule has 3 heterocycles. The second-order valence-electron chi connectivity index (χ2n) is 6.35. The van der Waals surface area contributed by atoms with Crippen LogP contribution in [0.5, 0.6) is 0 Å². The lowest BCUT2D eigenvalue weighted by atomic mass is 10.1. The van der Waals surface area contributed by atoms with E-state index in [1.165, 1.54) is 18.4 Å². The van der Waals surface area contributed by atoms with Crippen LogP contribution in [0.3, 0.4) is 0 Å². The first-order valence-corrected chi connectivity index (χ1v) is 8.60. The van der Waals surface area contributed by atoms with Gasteiger partial charge in [-0.1, -0.05) is 30.3 Å². The van der Waals surface area contributed by atoms with E-state index in [9.17, 15) is 0 Å². The Kier molecular flexibility index (Phi) is 4.21. The van der Waals surface area contributed by atoms with Crippen molar-refractivity contribution >= 4 is 17.6 Å². The second kappa shape index (κ2) is 6.65. The minimum Gasteiger partial charge on any atom is -0.370 e. The molecule has 2 aliphatic rings. The van der Waals surface area contributed by atoms with Crippen LogP contribution in [0.4, 0.5) is 17.6 Å². The molecule has 2 fully saturated rings. The first-order valence-electron chi connectivity index (χ1n) is 8.60. The highest BCUT2D eigenvalue weighted by Crippen LogP contribution is 2.28. The van der Waals surface area contributed by atoms with E-state index in [2.05, 4.69) is 38.0 Å². The predicted octanol–water partition coefficient (Wildman–Crippen LogP) is 2.24. The molecule has 2 aliphatic heterocycles. The van der Waals surface area contributed by atoms with Crippen molar-refractivity contribution in [3.8, 4) is 0 Å². The van der Waals surface area contributed by atoms with E-state index in [0.29, 0.717) is 12.6 Å². The average Bonchev–Trinajstić information content (AvgIpc) is 3.17. The zero-order valence-corrected chi connectivity index (χ0v) is 13.8. The maximum absolute atomic E-state index is 5.97. The fourth-order valence-corrected chi connectivity index (χ4v) is 3.44. The Bertz CT molecular complexity index is 687. The largest absolute Gasteiger partial charge is 0.370 e. The van der Waals surface area contributed by atoms with Crippen molar-refractivity contribution in [3.05, 3.63) is 42.0 Å². The van der Waals surface area contributed by atoms with Crippen LogP contribution in [-0.2, 0) is 4.74 Å². The molecule has 2 saturated heterocycles. The molecule has 4 rings (SSSR count). The number of anilines is 3. The van der Waals surface area contributed by atoms with Gasteiger partial charge in [-0.25, -0.2) is 0 Å². The summed E-state index contributed by atoms with van der Waals surface area (Å²) in [5, 5.41) is 0. The van der Waals surface area contributed by atoms with E-state index in [1.807, 2.05) is 18.2 Å². The lowest BCUT2D eigenvalue weighted by molar-refractivity contribution is 0.0395. The van der Waals surface area contributed by atoms with Crippen molar-refractivity contribution < 1.29 is 4.74 Å². The zero-order valence-electron chi connectivity index (χ0n) is 13.8. The van der Waals surface area contributed by atoms with E-state index >= 15 is 0 Å². The summed E-state index contributed by atoms with van der Waals surface area (Å²) in [5.41, 5.74) is 7.17. The third-order valence-corrected chi connectivity index (χ3v) is 4.71. The summed E-state index contributed by atoms with van der Waals surface area (Å²) in [7, 11) is 0. The Balaban J connectivity index is 1.56. The maximum atomic E-state index is 5.97. The van der Waals surface area contributed by atoms with Crippen LogP contribution in [0, 0.1) is 0 Å². The Labute approximate surface area is 142 Å². The first-order chi connectivity index (χ1) is 11.8. The highest BCUT2D eigenvalue weighted by Gasteiger charge is 2.24. The van der Waals surface area contributed by atoms with Crippen LogP contribution in [0.25, 0.3) is 0 Å². The van der Waals surface area contributed by atoms with Crippen molar-refractivity contribution in [3.63, 3.8) is 0 Å². The summed E-state index contributed by atoms with van der Waals surface area (Å²) in [4.78, 5) is 13.4. The summed E-state index contributed by atoms with van der Waals surface area (Å²) in [6.07, 6.45) is 2.49. The molecule has 0 bridgehead atoms. The van der Waals surface area contributed by atoms with E-state index in [1.54, 1.807) is 0 Å². The number of hydrogen-bond acceptors (Lipinski definition) is 6. The molecule has 1 atom stereocenters. The van der Waals surface area contributed by atoms with Gasteiger partial charge in [-0.05, 0) is 18.4 Å². The van der Waals surface area contributed by atoms with E-state index < -0.39 is 0 Å².